The van der Waals surface area contributed by atoms with E-state index in [1.54, 1.807) is 36.5 Å². The Hall–Kier alpha value is -3.55. The van der Waals surface area contributed by atoms with Gasteiger partial charge in [-0.3, -0.25) is 9.98 Å². The zero-order valence-corrected chi connectivity index (χ0v) is 17.8. The maximum Gasteiger partial charge on any atom is 0.417 e. The Bertz CT molecular complexity index is 1190. The van der Waals surface area contributed by atoms with Crippen molar-refractivity contribution in [2.45, 2.75) is 32.0 Å². The zero-order chi connectivity index (χ0) is 23.4. The summed E-state index contributed by atoms with van der Waals surface area (Å²) in [6.45, 7) is 2.23. The summed E-state index contributed by atoms with van der Waals surface area (Å²) in [6.07, 6.45) is -0.235. The number of nitrogens with zero attached hydrogens (tertiary/aromatic N) is 3. The lowest BCUT2D eigenvalue weighted by Crippen LogP contribution is -2.10. The molecule has 1 aliphatic rings. The summed E-state index contributed by atoms with van der Waals surface area (Å²) in [5, 5.41) is 0. The normalized spacial score (nSPS) is 15.5. The minimum atomic E-state index is -4.54. The van der Waals surface area contributed by atoms with E-state index in [2.05, 4.69) is 15.0 Å². The molecule has 0 N–H and O–H groups in total. The van der Waals surface area contributed by atoms with Crippen molar-refractivity contribution in [2.24, 2.45) is 9.98 Å². The highest BCUT2D eigenvalue weighted by atomic mass is 19.4. The first kappa shape index (κ1) is 22.6. The monoisotopic (exact) mass is 455 g/mol. The highest BCUT2D eigenvalue weighted by Gasteiger charge is 2.34. The molecule has 0 spiro atoms. The van der Waals surface area contributed by atoms with E-state index < -0.39 is 17.6 Å². The van der Waals surface area contributed by atoms with Crippen LogP contribution < -0.4 is 4.74 Å². The first-order valence-electron chi connectivity index (χ1n) is 10.5. The van der Waals surface area contributed by atoms with Crippen LogP contribution in [0.1, 0.15) is 30.0 Å². The molecule has 0 radical (unpaired) electrons. The van der Waals surface area contributed by atoms with Crippen molar-refractivity contribution in [3.63, 3.8) is 0 Å². The van der Waals surface area contributed by atoms with Gasteiger partial charge in [-0.1, -0.05) is 25.1 Å². The maximum absolute atomic E-state index is 14.0. The molecular weight excluding hydrogens is 434 g/mol. The lowest BCUT2D eigenvalue weighted by atomic mass is 10.0. The summed E-state index contributed by atoms with van der Waals surface area (Å²) in [5.41, 5.74) is 0.517. The fourth-order valence-corrected chi connectivity index (χ4v) is 3.50. The Kier molecular flexibility index (Phi) is 6.53. The van der Waals surface area contributed by atoms with Gasteiger partial charge < -0.3 is 4.74 Å². The zero-order valence-electron chi connectivity index (χ0n) is 17.8. The summed E-state index contributed by atoms with van der Waals surface area (Å²) in [7, 11) is 0. The van der Waals surface area contributed by atoms with E-state index in [1.165, 1.54) is 24.4 Å². The summed E-state index contributed by atoms with van der Waals surface area (Å²) in [4.78, 5) is 12.9. The molecule has 0 amide bonds. The average molecular weight is 455 g/mol. The fourth-order valence-electron chi connectivity index (χ4n) is 3.50. The molecule has 1 aliphatic heterocycles. The third-order valence-electron chi connectivity index (χ3n) is 5.09. The van der Waals surface area contributed by atoms with Crippen LogP contribution in [-0.4, -0.2) is 29.7 Å². The topological polar surface area (TPSA) is 46.8 Å². The first-order chi connectivity index (χ1) is 15.8. The second-order valence-corrected chi connectivity index (χ2v) is 7.59. The first-order valence-corrected chi connectivity index (χ1v) is 10.5. The van der Waals surface area contributed by atoms with Gasteiger partial charge in [0.25, 0.3) is 0 Å². The predicted octanol–water partition coefficient (Wildman–Crippen LogP) is 6.14. The van der Waals surface area contributed by atoms with E-state index in [0.29, 0.717) is 30.8 Å². The molecule has 2 heterocycles. The number of halogens is 4. The van der Waals surface area contributed by atoms with Gasteiger partial charge in [0, 0.05) is 24.4 Å². The molecule has 1 aromatic heterocycles. The number of pyridine rings is 1. The summed E-state index contributed by atoms with van der Waals surface area (Å²) < 4.78 is 60.3. The van der Waals surface area contributed by atoms with Gasteiger partial charge in [-0.2, -0.15) is 13.2 Å². The van der Waals surface area contributed by atoms with E-state index >= 15 is 0 Å². The molecule has 0 saturated heterocycles. The van der Waals surface area contributed by atoms with E-state index in [1.807, 2.05) is 6.92 Å². The van der Waals surface area contributed by atoms with Gasteiger partial charge in [0.15, 0.2) is 5.84 Å². The largest absolute Gasteiger partial charge is 0.494 e. The number of aromatic nitrogens is 1. The van der Waals surface area contributed by atoms with Crippen molar-refractivity contribution in [1.82, 2.24) is 4.98 Å². The van der Waals surface area contributed by atoms with Crippen LogP contribution in [0.25, 0.3) is 11.3 Å². The molecule has 1 unspecified atom stereocenters. The van der Waals surface area contributed by atoms with E-state index in [0.717, 1.165) is 11.6 Å². The molecule has 4 rings (SSSR count). The van der Waals surface area contributed by atoms with Crippen LogP contribution in [0.4, 0.5) is 17.6 Å². The number of hydrogen-bond donors (Lipinski definition) is 0. The third-order valence-corrected chi connectivity index (χ3v) is 5.09. The molecule has 8 heteroatoms. The van der Waals surface area contributed by atoms with E-state index in [4.69, 9.17) is 4.74 Å². The summed E-state index contributed by atoms with van der Waals surface area (Å²) >= 11 is 0. The standard InChI is InChI=1S/C25H21F4N3O/c1-2-11-33-18-8-9-19(21(13-18)25(27,28)29)23-10-7-16(14-30-23)12-17-15-31-24(32-17)20-5-3-4-6-22(20)26/h3-10,13-15,17H,2,11-12H2,1H3. The number of amidine groups is 1. The second kappa shape index (κ2) is 9.52. The van der Waals surface area contributed by atoms with Gasteiger partial charge in [0.2, 0.25) is 0 Å². The molecule has 170 valence electrons. The van der Waals surface area contributed by atoms with Crippen LogP contribution >= 0.6 is 0 Å². The minimum absolute atomic E-state index is 0.0137. The Morgan fingerprint density at radius 2 is 1.82 bits per heavy atom. The Labute approximate surface area is 188 Å². The SMILES string of the molecule is CCCOc1ccc(-c2ccc(CC3C=NC(c4ccccc4F)=N3)cn2)c(C(F)(F)F)c1. The van der Waals surface area contributed by atoms with Crippen molar-refractivity contribution in [2.75, 3.05) is 6.61 Å². The molecule has 2 aromatic carbocycles. The van der Waals surface area contributed by atoms with Crippen LogP contribution in [0.5, 0.6) is 5.75 Å². The van der Waals surface area contributed by atoms with Gasteiger partial charge in [-0.25, -0.2) is 9.38 Å². The van der Waals surface area contributed by atoms with Gasteiger partial charge in [-0.15, -0.1) is 0 Å². The van der Waals surface area contributed by atoms with Crippen LogP contribution in [0.15, 0.2) is 70.8 Å². The highest BCUT2D eigenvalue weighted by Crippen LogP contribution is 2.38. The molecular formula is C25H21F4N3O. The lowest BCUT2D eigenvalue weighted by Gasteiger charge is -2.15. The van der Waals surface area contributed by atoms with Crippen molar-refractivity contribution in [1.29, 1.82) is 0 Å². The number of ether oxygens (including phenoxy) is 1. The maximum atomic E-state index is 14.0. The van der Waals surface area contributed by atoms with Gasteiger partial charge >= 0.3 is 6.18 Å². The lowest BCUT2D eigenvalue weighted by molar-refractivity contribution is -0.137. The average Bonchev–Trinajstić information content (AvgIpc) is 3.26. The Morgan fingerprint density at radius 3 is 2.52 bits per heavy atom. The molecule has 4 nitrogen and oxygen atoms in total. The predicted molar refractivity (Wildman–Crippen MR) is 119 cm³/mol. The van der Waals surface area contributed by atoms with Crippen molar-refractivity contribution >= 4 is 12.1 Å². The van der Waals surface area contributed by atoms with Crippen molar-refractivity contribution in [3.8, 4) is 17.0 Å². The van der Waals surface area contributed by atoms with Gasteiger partial charge in [0.05, 0.1) is 29.5 Å². The van der Waals surface area contributed by atoms with Crippen LogP contribution in [-0.2, 0) is 12.6 Å². The molecule has 0 bridgehead atoms. The number of hydrogen-bond acceptors (Lipinski definition) is 4. The Balaban J connectivity index is 1.52. The van der Waals surface area contributed by atoms with Crippen LogP contribution in [0.2, 0.25) is 0 Å². The fraction of sp³-hybridized carbons (Fsp3) is 0.240. The number of alkyl halides is 3. The van der Waals surface area contributed by atoms with Crippen molar-refractivity contribution < 1.29 is 22.3 Å². The van der Waals surface area contributed by atoms with Gasteiger partial charge in [0.1, 0.15) is 11.6 Å². The number of aliphatic imine (C=N–C) groups is 2. The summed E-state index contributed by atoms with van der Waals surface area (Å²) in [5.74, 6) is 0.100. The van der Waals surface area contributed by atoms with E-state index in [-0.39, 0.29) is 23.0 Å². The number of rotatable bonds is 7. The molecule has 0 saturated carbocycles. The quantitative estimate of drug-likeness (QED) is 0.402. The minimum Gasteiger partial charge on any atom is -0.494 e. The van der Waals surface area contributed by atoms with Crippen molar-refractivity contribution in [3.05, 3.63) is 83.3 Å². The van der Waals surface area contributed by atoms with Gasteiger partial charge in [-0.05, 0) is 48.4 Å². The molecule has 1 atom stereocenters. The smallest absolute Gasteiger partial charge is 0.417 e. The number of benzene rings is 2. The Morgan fingerprint density at radius 1 is 1.00 bits per heavy atom. The molecule has 0 fully saturated rings. The molecule has 33 heavy (non-hydrogen) atoms. The summed E-state index contributed by atoms with van der Waals surface area (Å²) in [6, 6.07) is 13.1. The highest BCUT2D eigenvalue weighted by molar-refractivity contribution is 6.07. The van der Waals surface area contributed by atoms with E-state index in [9.17, 15) is 17.6 Å². The molecule has 0 aliphatic carbocycles. The second-order valence-electron chi connectivity index (χ2n) is 7.59. The molecule has 3 aromatic rings. The third kappa shape index (κ3) is 5.27. The van der Waals surface area contributed by atoms with Crippen LogP contribution in [0.3, 0.4) is 0 Å². The van der Waals surface area contributed by atoms with Crippen LogP contribution in [0, 0.1) is 5.82 Å².